The molecule has 2 N–H and O–H groups in total. The fourth-order valence-electron chi connectivity index (χ4n) is 2.38. The minimum Gasteiger partial charge on any atom is -0.478 e. The first kappa shape index (κ1) is 14.2. The minimum absolute atomic E-state index is 0.133. The maximum Gasteiger partial charge on any atom is 0.337 e. The maximum atomic E-state index is 11.7. The molecule has 22 heavy (non-hydrogen) atoms. The van der Waals surface area contributed by atoms with E-state index in [1.54, 1.807) is 24.3 Å². The highest BCUT2D eigenvalue weighted by Crippen LogP contribution is 2.43. The van der Waals surface area contributed by atoms with Crippen LogP contribution in [0.3, 0.4) is 0 Å². The quantitative estimate of drug-likeness (QED) is 0.885. The molecule has 1 heterocycles. The summed E-state index contributed by atoms with van der Waals surface area (Å²) >= 11 is 5.92. The van der Waals surface area contributed by atoms with Crippen molar-refractivity contribution in [1.29, 1.82) is 0 Å². The van der Waals surface area contributed by atoms with Gasteiger partial charge in [-0.25, -0.2) is 9.59 Å². The summed E-state index contributed by atoms with van der Waals surface area (Å²) in [6.07, 6.45) is 0. The molecular formula is C16H9ClO5. The third-order valence-corrected chi connectivity index (χ3v) is 3.50. The molecule has 2 aromatic rings. The molecule has 1 aliphatic rings. The molecule has 110 valence electrons. The van der Waals surface area contributed by atoms with Gasteiger partial charge in [-0.2, -0.15) is 0 Å². The first-order chi connectivity index (χ1) is 10.5. The number of hydrogen-bond donors (Lipinski definition) is 2. The van der Waals surface area contributed by atoms with Crippen LogP contribution in [0.4, 0.5) is 0 Å². The van der Waals surface area contributed by atoms with Gasteiger partial charge in [-0.3, -0.25) is 0 Å². The third-order valence-electron chi connectivity index (χ3n) is 3.26. The Balaban J connectivity index is 2.46. The van der Waals surface area contributed by atoms with E-state index in [4.69, 9.17) is 16.3 Å². The standard InChI is InChI=1S/C16H9ClO5/c17-8-5-6-12-10(7-8)14(16(20)21)13(15(18)19)9-3-1-2-4-11(9)22-12/h1-7H,(H,18,19)(H,20,21). The van der Waals surface area contributed by atoms with E-state index in [0.29, 0.717) is 0 Å². The Labute approximate surface area is 130 Å². The van der Waals surface area contributed by atoms with Gasteiger partial charge in [0.05, 0.1) is 11.1 Å². The molecular weight excluding hydrogens is 308 g/mol. The van der Waals surface area contributed by atoms with Crippen LogP contribution in [0, 0.1) is 0 Å². The number of aliphatic carboxylic acids is 2. The zero-order valence-corrected chi connectivity index (χ0v) is 11.8. The van der Waals surface area contributed by atoms with Gasteiger partial charge in [0.2, 0.25) is 0 Å². The van der Waals surface area contributed by atoms with Crippen LogP contribution in [0.2, 0.25) is 5.02 Å². The zero-order valence-electron chi connectivity index (χ0n) is 11.0. The molecule has 0 fully saturated rings. The molecule has 0 spiro atoms. The van der Waals surface area contributed by atoms with Crippen LogP contribution in [0.25, 0.3) is 11.1 Å². The van der Waals surface area contributed by atoms with Crippen LogP contribution >= 0.6 is 11.6 Å². The van der Waals surface area contributed by atoms with Gasteiger partial charge in [-0.15, -0.1) is 0 Å². The van der Waals surface area contributed by atoms with Gasteiger partial charge in [-0.05, 0) is 24.3 Å². The Morgan fingerprint density at radius 1 is 0.864 bits per heavy atom. The number of ether oxygens (including phenoxy) is 1. The molecule has 0 unspecified atom stereocenters. The SMILES string of the molecule is O=C(O)C1=C(C(=O)O)c2cc(Cl)ccc2Oc2ccccc21. The van der Waals surface area contributed by atoms with Crippen molar-refractivity contribution in [2.75, 3.05) is 0 Å². The van der Waals surface area contributed by atoms with Crippen LogP contribution in [0.1, 0.15) is 11.1 Å². The highest BCUT2D eigenvalue weighted by atomic mass is 35.5. The van der Waals surface area contributed by atoms with E-state index in [1.807, 2.05) is 0 Å². The fraction of sp³-hybridized carbons (Fsp3) is 0. The molecule has 0 radical (unpaired) electrons. The monoisotopic (exact) mass is 316 g/mol. The predicted octanol–water partition coefficient (Wildman–Crippen LogP) is 3.53. The zero-order chi connectivity index (χ0) is 15.9. The summed E-state index contributed by atoms with van der Waals surface area (Å²) in [6, 6.07) is 10.8. The Hall–Kier alpha value is -2.79. The van der Waals surface area contributed by atoms with E-state index in [9.17, 15) is 19.8 Å². The lowest BCUT2D eigenvalue weighted by Gasteiger charge is -2.09. The second kappa shape index (κ2) is 5.20. The minimum atomic E-state index is -1.36. The fourth-order valence-corrected chi connectivity index (χ4v) is 2.55. The van der Waals surface area contributed by atoms with Gasteiger partial charge in [0, 0.05) is 16.1 Å². The van der Waals surface area contributed by atoms with Crippen LogP contribution in [-0.2, 0) is 9.59 Å². The number of para-hydroxylation sites is 1. The van der Waals surface area contributed by atoms with E-state index in [0.717, 1.165) is 0 Å². The normalized spacial score (nSPS) is 12.8. The lowest BCUT2D eigenvalue weighted by atomic mass is 9.94. The van der Waals surface area contributed by atoms with E-state index in [1.165, 1.54) is 18.2 Å². The van der Waals surface area contributed by atoms with Crippen molar-refractivity contribution in [2.45, 2.75) is 0 Å². The summed E-state index contributed by atoms with van der Waals surface area (Å²) in [5.74, 6) is -2.19. The predicted molar refractivity (Wildman–Crippen MR) is 80.1 cm³/mol. The van der Waals surface area contributed by atoms with Gasteiger partial charge in [0.1, 0.15) is 11.5 Å². The van der Waals surface area contributed by atoms with Gasteiger partial charge < -0.3 is 14.9 Å². The third kappa shape index (κ3) is 2.21. The average Bonchev–Trinajstić information content (AvgIpc) is 2.61. The van der Waals surface area contributed by atoms with Crippen molar-refractivity contribution >= 4 is 34.7 Å². The van der Waals surface area contributed by atoms with E-state index < -0.39 is 11.9 Å². The second-order valence-electron chi connectivity index (χ2n) is 4.60. The molecule has 0 aliphatic carbocycles. The van der Waals surface area contributed by atoms with Crippen molar-refractivity contribution in [3.63, 3.8) is 0 Å². The number of benzene rings is 2. The first-order valence-electron chi connectivity index (χ1n) is 6.27. The number of halogens is 1. The Morgan fingerprint density at radius 2 is 1.45 bits per heavy atom. The lowest BCUT2D eigenvalue weighted by molar-refractivity contribution is -0.132. The summed E-state index contributed by atoms with van der Waals surface area (Å²) in [5.41, 5.74) is -0.340. The van der Waals surface area contributed by atoms with Crippen molar-refractivity contribution in [3.05, 3.63) is 58.6 Å². The Morgan fingerprint density at radius 3 is 2.14 bits per heavy atom. The lowest BCUT2D eigenvalue weighted by Crippen LogP contribution is -2.09. The number of hydrogen-bond acceptors (Lipinski definition) is 3. The number of fused-ring (bicyclic) bond motifs is 2. The van der Waals surface area contributed by atoms with Crippen molar-refractivity contribution < 1.29 is 24.5 Å². The molecule has 0 saturated carbocycles. The van der Waals surface area contributed by atoms with Gasteiger partial charge in [0.15, 0.2) is 0 Å². The number of rotatable bonds is 2. The molecule has 0 atom stereocenters. The second-order valence-corrected chi connectivity index (χ2v) is 5.04. The molecule has 0 aromatic heterocycles. The van der Waals surface area contributed by atoms with Crippen LogP contribution in [-0.4, -0.2) is 22.2 Å². The molecule has 6 heteroatoms. The summed E-state index contributed by atoms with van der Waals surface area (Å²) in [4.78, 5) is 23.4. The molecule has 0 amide bonds. The first-order valence-corrected chi connectivity index (χ1v) is 6.65. The molecule has 5 nitrogen and oxygen atoms in total. The Bertz CT molecular complexity index is 838. The van der Waals surface area contributed by atoms with Crippen molar-refractivity contribution in [1.82, 2.24) is 0 Å². The summed E-state index contributed by atoms with van der Waals surface area (Å²) in [6.45, 7) is 0. The van der Waals surface area contributed by atoms with Crippen LogP contribution < -0.4 is 4.74 Å². The van der Waals surface area contributed by atoms with E-state index in [2.05, 4.69) is 0 Å². The van der Waals surface area contributed by atoms with Crippen LogP contribution in [0.15, 0.2) is 42.5 Å². The highest BCUT2D eigenvalue weighted by molar-refractivity contribution is 6.38. The summed E-state index contributed by atoms with van der Waals surface area (Å²) in [5, 5.41) is 19.3. The van der Waals surface area contributed by atoms with Gasteiger partial charge >= 0.3 is 11.9 Å². The molecule has 2 aromatic carbocycles. The number of carbonyl (C=O) groups is 2. The number of carboxylic acids is 2. The number of carboxylic acid groups (broad SMARTS) is 2. The molecule has 0 saturated heterocycles. The van der Waals surface area contributed by atoms with Crippen LogP contribution in [0.5, 0.6) is 11.5 Å². The maximum absolute atomic E-state index is 11.7. The van der Waals surface area contributed by atoms with Gasteiger partial charge in [-0.1, -0.05) is 29.8 Å². The topological polar surface area (TPSA) is 83.8 Å². The Kier molecular flexibility index (Phi) is 3.35. The smallest absolute Gasteiger partial charge is 0.337 e. The molecule has 0 bridgehead atoms. The highest BCUT2D eigenvalue weighted by Gasteiger charge is 2.31. The largest absolute Gasteiger partial charge is 0.478 e. The van der Waals surface area contributed by atoms with Crippen molar-refractivity contribution in [2.24, 2.45) is 0 Å². The summed E-state index contributed by atoms with van der Waals surface area (Å²) in [7, 11) is 0. The summed E-state index contributed by atoms with van der Waals surface area (Å²) < 4.78 is 5.69. The van der Waals surface area contributed by atoms with E-state index >= 15 is 0 Å². The van der Waals surface area contributed by atoms with E-state index in [-0.39, 0.29) is 38.8 Å². The molecule has 3 rings (SSSR count). The average molecular weight is 317 g/mol. The van der Waals surface area contributed by atoms with Gasteiger partial charge in [0.25, 0.3) is 0 Å². The van der Waals surface area contributed by atoms with Crippen molar-refractivity contribution in [3.8, 4) is 11.5 Å². The molecule has 1 aliphatic heterocycles.